The molecule has 1 aliphatic heterocycles. The lowest BCUT2D eigenvalue weighted by atomic mass is 9.98. The Morgan fingerprint density at radius 3 is 2.13 bits per heavy atom. The van der Waals surface area contributed by atoms with Crippen LogP contribution in [0.25, 0.3) is 0 Å². The van der Waals surface area contributed by atoms with Crippen molar-refractivity contribution in [1.29, 1.82) is 0 Å². The van der Waals surface area contributed by atoms with Crippen LogP contribution in [-0.2, 0) is 20.8 Å². The average Bonchev–Trinajstić information content (AvgIpc) is 2.95. The average molecular weight is 578 g/mol. The fourth-order valence-electron chi connectivity index (χ4n) is 4.32. The summed E-state index contributed by atoms with van der Waals surface area (Å²) in [7, 11) is -2.69. The van der Waals surface area contributed by atoms with Crippen molar-refractivity contribution in [2.24, 2.45) is 5.92 Å². The lowest BCUT2D eigenvalue weighted by molar-refractivity contribution is -0.139. The standard InChI is InChI=1S/C28H26F3NO5S2/c1-37-27(34)21-9-7-20(8-10-21)26(33)32-15-13-19(14-16-32)18-38-25-17-23(11-12-24(25)28(29,30)31)39(35,36)22-5-3-2-4-6-22/h2-12,17,19H,13-16,18H2,1H3. The van der Waals surface area contributed by atoms with Gasteiger partial charge in [0.2, 0.25) is 9.84 Å². The molecule has 0 bridgehead atoms. The quantitative estimate of drug-likeness (QED) is 0.254. The molecule has 206 valence electrons. The molecule has 6 nitrogen and oxygen atoms in total. The number of hydrogen-bond donors (Lipinski definition) is 0. The van der Waals surface area contributed by atoms with Gasteiger partial charge in [-0.2, -0.15) is 13.2 Å². The number of piperidine rings is 1. The van der Waals surface area contributed by atoms with Gasteiger partial charge in [0.15, 0.2) is 0 Å². The lowest BCUT2D eigenvalue weighted by Gasteiger charge is -2.32. The maximum Gasteiger partial charge on any atom is 0.417 e. The van der Waals surface area contributed by atoms with Crippen LogP contribution in [0.3, 0.4) is 0 Å². The van der Waals surface area contributed by atoms with E-state index in [1.54, 1.807) is 35.2 Å². The van der Waals surface area contributed by atoms with Gasteiger partial charge in [0, 0.05) is 29.3 Å². The smallest absolute Gasteiger partial charge is 0.417 e. The van der Waals surface area contributed by atoms with Crippen molar-refractivity contribution in [3.05, 3.63) is 89.5 Å². The Morgan fingerprint density at radius 2 is 1.54 bits per heavy atom. The number of likely N-dealkylation sites (tertiary alicyclic amines) is 1. The third-order valence-corrected chi connectivity index (χ3v) is 9.61. The van der Waals surface area contributed by atoms with Crippen LogP contribution in [0.5, 0.6) is 0 Å². The second-order valence-electron chi connectivity index (χ2n) is 9.09. The summed E-state index contributed by atoms with van der Waals surface area (Å²) < 4.78 is 71.8. The van der Waals surface area contributed by atoms with Gasteiger partial charge in [-0.25, -0.2) is 13.2 Å². The molecule has 1 aliphatic rings. The van der Waals surface area contributed by atoms with Crippen molar-refractivity contribution in [3.8, 4) is 0 Å². The summed E-state index contributed by atoms with van der Waals surface area (Å²) in [6.07, 6.45) is -3.43. The molecule has 0 aromatic heterocycles. The topological polar surface area (TPSA) is 80.8 Å². The summed E-state index contributed by atoms with van der Waals surface area (Å²) in [5.74, 6) is -0.274. The van der Waals surface area contributed by atoms with E-state index in [0.717, 1.165) is 30.0 Å². The van der Waals surface area contributed by atoms with Crippen LogP contribution >= 0.6 is 11.8 Å². The highest BCUT2D eigenvalue weighted by Crippen LogP contribution is 2.40. The van der Waals surface area contributed by atoms with Crippen LogP contribution < -0.4 is 0 Å². The number of thioether (sulfide) groups is 1. The Hall–Kier alpha value is -3.31. The largest absolute Gasteiger partial charge is 0.465 e. The first kappa shape index (κ1) is 28.7. The number of hydrogen-bond acceptors (Lipinski definition) is 6. The fraction of sp³-hybridized carbons (Fsp3) is 0.286. The van der Waals surface area contributed by atoms with E-state index in [1.807, 2.05) is 0 Å². The molecule has 3 aromatic carbocycles. The number of methoxy groups -OCH3 is 1. The first-order valence-electron chi connectivity index (χ1n) is 12.1. The Labute approximate surface area is 229 Å². The number of halogens is 3. The molecule has 11 heteroatoms. The molecule has 3 aromatic rings. The summed E-state index contributed by atoms with van der Waals surface area (Å²) >= 11 is 0.987. The van der Waals surface area contributed by atoms with Crippen LogP contribution in [0.2, 0.25) is 0 Å². The van der Waals surface area contributed by atoms with E-state index in [2.05, 4.69) is 4.74 Å². The number of sulfone groups is 1. The molecule has 0 spiro atoms. The Balaban J connectivity index is 1.42. The zero-order valence-electron chi connectivity index (χ0n) is 21.0. The summed E-state index contributed by atoms with van der Waals surface area (Å²) in [6.45, 7) is 0.884. The molecule has 1 saturated heterocycles. The number of esters is 1. The van der Waals surface area contributed by atoms with E-state index in [4.69, 9.17) is 0 Å². The molecule has 0 aliphatic carbocycles. The molecule has 0 N–H and O–H groups in total. The maximum absolute atomic E-state index is 13.7. The van der Waals surface area contributed by atoms with Gasteiger partial charge in [-0.1, -0.05) is 18.2 Å². The number of alkyl halides is 3. The normalized spacial score (nSPS) is 14.7. The second-order valence-corrected chi connectivity index (χ2v) is 12.1. The third-order valence-electron chi connectivity index (χ3n) is 6.55. The molecular formula is C28H26F3NO5S2. The van der Waals surface area contributed by atoms with Gasteiger partial charge in [-0.05, 0) is 73.4 Å². The lowest BCUT2D eigenvalue weighted by Crippen LogP contribution is -2.39. The minimum absolute atomic E-state index is 0.0117. The van der Waals surface area contributed by atoms with Gasteiger partial charge in [0.05, 0.1) is 28.0 Å². The van der Waals surface area contributed by atoms with Crippen molar-refractivity contribution >= 4 is 33.5 Å². The summed E-state index contributed by atoms with van der Waals surface area (Å²) in [5.41, 5.74) is -0.104. The molecule has 0 atom stereocenters. The van der Waals surface area contributed by atoms with Crippen LogP contribution in [0.15, 0.2) is 87.5 Å². The zero-order valence-corrected chi connectivity index (χ0v) is 22.6. The van der Waals surface area contributed by atoms with Crippen LogP contribution in [0.4, 0.5) is 13.2 Å². The van der Waals surface area contributed by atoms with E-state index in [-0.39, 0.29) is 26.5 Å². The third kappa shape index (κ3) is 6.65. The van der Waals surface area contributed by atoms with Gasteiger partial charge in [0.25, 0.3) is 5.91 Å². The SMILES string of the molecule is COC(=O)c1ccc(C(=O)N2CCC(CSc3cc(S(=O)(=O)c4ccccc4)ccc3C(F)(F)F)CC2)cc1. The van der Waals surface area contributed by atoms with E-state index >= 15 is 0 Å². The van der Waals surface area contributed by atoms with Gasteiger partial charge in [-0.3, -0.25) is 4.79 Å². The van der Waals surface area contributed by atoms with Gasteiger partial charge < -0.3 is 9.64 Å². The van der Waals surface area contributed by atoms with Crippen molar-refractivity contribution in [1.82, 2.24) is 4.90 Å². The highest BCUT2D eigenvalue weighted by atomic mass is 32.2. The van der Waals surface area contributed by atoms with Gasteiger partial charge in [-0.15, -0.1) is 11.8 Å². The van der Waals surface area contributed by atoms with Crippen molar-refractivity contribution in [2.75, 3.05) is 26.0 Å². The molecule has 0 unspecified atom stereocenters. The monoisotopic (exact) mass is 577 g/mol. The second kappa shape index (κ2) is 11.8. The molecule has 1 amide bonds. The van der Waals surface area contributed by atoms with Crippen LogP contribution in [0.1, 0.15) is 39.1 Å². The van der Waals surface area contributed by atoms with E-state index in [1.165, 1.54) is 31.4 Å². The number of amides is 1. The number of nitrogens with zero attached hydrogens (tertiary/aromatic N) is 1. The zero-order chi connectivity index (χ0) is 28.2. The number of ether oxygens (including phenoxy) is 1. The number of carbonyl (C=O) groups excluding carboxylic acids is 2. The molecule has 0 radical (unpaired) electrons. The first-order valence-corrected chi connectivity index (χ1v) is 14.6. The van der Waals surface area contributed by atoms with E-state index < -0.39 is 27.5 Å². The van der Waals surface area contributed by atoms with Gasteiger partial charge >= 0.3 is 12.1 Å². The van der Waals surface area contributed by atoms with Crippen molar-refractivity contribution < 1.29 is 35.9 Å². The maximum atomic E-state index is 13.7. The summed E-state index contributed by atoms with van der Waals surface area (Å²) in [6, 6.07) is 16.7. The minimum Gasteiger partial charge on any atom is -0.465 e. The fourth-order valence-corrected chi connectivity index (χ4v) is 7.00. The molecule has 1 heterocycles. The van der Waals surface area contributed by atoms with Crippen LogP contribution in [-0.4, -0.2) is 51.1 Å². The highest BCUT2D eigenvalue weighted by Gasteiger charge is 2.35. The Kier molecular flexibility index (Phi) is 8.70. The Bertz CT molecular complexity index is 1430. The van der Waals surface area contributed by atoms with E-state index in [0.29, 0.717) is 42.8 Å². The van der Waals surface area contributed by atoms with Crippen LogP contribution in [0, 0.1) is 5.92 Å². The molecule has 1 fully saturated rings. The van der Waals surface area contributed by atoms with Gasteiger partial charge in [0.1, 0.15) is 0 Å². The van der Waals surface area contributed by atoms with E-state index in [9.17, 15) is 31.2 Å². The summed E-state index contributed by atoms with van der Waals surface area (Å²) in [5, 5.41) is 0. The first-order chi connectivity index (χ1) is 18.5. The molecular weight excluding hydrogens is 551 g/mol. The van der Waals surface area contributed by atoms with Crippen molar-refractivity contribution in [3.63, 3.8) is 0 Å². The Morgan fingerprint density at radius 1 is 0.923 bits per heavy atom. The molecule has 4 rings (SSSR count). The molecule has 39 heavy (non-hydrogen) atoms. The molecule has 0 saturated carbocycles. The number of carbonyl (C=O) groups is 2. The number of rotatable bonds is 7. The number of benzene rings is 3. The highest BCUT2D eigenvalue weighted by molar-refractivity contribution is 7.99. The summed E-state index contributed by atoms with van der Waals surface area (Å²) in [4.78, 5) is 25.8. The predicted octanol–water partition coefficient (Wildman–Crippen LogP) is 5.97. The van der Waals surface area contributed by atoms with Crippen molar-refractivity contribution in [2.45, 2.75) is 33.7 Å². The predicted molar refractivity (Wildman–Crippen MR) is 140 cm³/mol. The minimum atomic E-state index is -4.63.